The molecule has 0 aliphatic carbocycles. The highest BCUT2D eigenvalue weighted by Crippen LogP contribution is 2.08. The van der Waals surface area contributed by atoms with Crippen LogP contribution in [0.5, 0.6) is 0 Å². The van der Waals surface area contributed by atoms with Gasteiger partial charge in [-0.3, -0.25) is 19.4 Å². The summed E-state index contributed by atoms with van der Waals surface area (Å²) in [7, 11) is 0. The van der Waals surface area contributed by atoms with E-state index in [1.807, 2.05) is 51.1 Å². The Morgan fingerprint density at radius 3 is 2.12 bits per heavy atom. The van der Waals surface area contributed by atoms with Crippen LogP contribution in [-0.4, -0.2) is 73.6 Å². The third kappa shape index (κ3) is 15.2. The van der Waals surface area contributed by atoms with Crippen LogP contribution in [0, 0.1) is 5.92 Å². The monoisotopic (exact) mass is 590 g/mol. The largest absolute Gasteiger partial charge is 0.450 e. The molecule has 0 spiro atoms. The van der Waals surface area contributed by atoms with Gasteiger partial charge in [-0.25, -0.2) is 4.79 Å². The molecule has 1 aromatic carbocycles. The highest BCUT2D eigenvalue weighted by atomic mass is 16.5. The number of nitrogens with two attached hydrogens (primary N) is 3. The first-order valence-corrected chi connectivity index (χ1v) is 14.6. The molecule has 0 heterocycles. The number of benzene rings is 1. The van der Waals surface area contributed by atoms with Gasteiger partial charge in [-0.05, 0) is 44.1 Å². The number of nitrogens with one attached hydrogen (secondary N) is 4. The molecule has 4 amide bonds. The lowest BCUT2D eigenvalue weighted by Crippen LogP contribution is -2.57. The molecule has 0 aliphatic heterocycles. The topological polar surface area (TPSA) is 216 Å². The first-order chi connectivity index (χ1) is 20.0. The highest BCUT2D eigenvalue weighted by Gasteiger charge is 2.29. The second kappa shape index (κ2) is 20.1. The summed E-state index contributed by atoms with van der Waals surface area (Å²) >= 11 is 0. The molecule has 42 heavy (non-hydrogen) atoms. The fourth-order valence-corrected chi connectivity index (χ4v) is 4.35. The van der Waals surface area contributed by atoms with Gasteiger partial charge in [0, 0.05) is 25.6 Å². The fraction of sp³-hybridized carbons (Fsp3) is 0.621. The maximum Gasteiger partial charge on any atom is 0.407 e. The molecule has 0 saturated carbocycles. The van der Waals surface area contributed by atoms with Crippen LogP contribution in [0.1, 0.15) is 65.4 Å². The van der Waals surface area contributed by atoms with Crippen LogP contribution in [0.4, 0.5) is 4.79 Å². The van der Waals surface area contributed by atoms with E-state index in [1.54, 1.807) is 6.92 Å². The second-order valence-electron chi connectivity index (χ2n) is 10.6. The van der Waals surface area contributed by atoms with E-state index in [2.05, 4.69) is 26.3 Å². The summed E-state index contributed by atoms with van der Waals surface area (Å²) in [5.74, 6) is -1.20. The van der Waals surface area contributed by atoms with Crippen molar-refractivity contribution < 1.29 is 23.9 Å². The zero-order valence-electron chi connectivity index (χ0n) is 25.4. The Morgan fingerprint density at radius 2 is 1.55 bits per heavy atom. The molecular weight excluding hydrogens is 540 g/mol. The molecule has 4 atom stereocenters. The Morgan fingerprint density at radius 1 is 0.881 bits per heavy atom. The molecule has 1 aromatic rings. The number of rotatable bonds is 20. The number of ether oxygens (including phenoxy) is 1. The first-order valence-electron chi connectivity index (χ1n) is 14.6. The fourth-order valence-electron chi connectivity index (χ4n) is 4.35. The average Bonchev–Trinajstić information content (AvgIpc) is 2.92. The summed E-state index contributed by atoms with van der Waals surface area (Å²) in [6.45, 7) is 8.39. The van der Waals surface area contributed by atoms with Gasteiger partial charge in [-0.2, -0.15) is 0 Å². The Labute approximate surface area is 249 Å². The first kappa shape index (κ1) is 36.2. The maximum absolute atomic E-state index is 13.5. The smallest absolute Gasteiger partial charge is 0.407 e. The third-order valence-corrected chi connectivity index (χ3v) is 6.39. The Kier molecular flexibility index (Phi) is 17.3. The Hall–Kier alpha value is -3.87. The number of primary amides is 1. The second-order valence-corrected chi connectivity index (χ2v) is 10.6. The lowest BCUT2D eigenvalue weighted by Gasteiger charge is -2.27. The summed E-state index contributed by atoms with van der Waals surface area (Å²) in [6, 6.07) is 6.44. The van der Waals surface area contributed by atoms with Gasteiger partial charge in [0.15, 0.2) is 5.96 Å². The van der Waals surface area contributed by atoms with Crippen molar-refractivity contribution in [3.8, 4) is 0 Å². The molecule has 0 aliphatic rings. The van der Waals surface area contributed by atoms with Gasteiger partial charge in [0.05, 0.1) is 12.6 Å². The molecule has 1 rings (SSSR count). The molecule has 236 valence electrons. The third-order valence-electron chi connectivity index (χ3n) is 6.39. The number of hydrogen-bond acceptors (Lipinski definition) is 7. The minimum absolute atomic E-state index is 0.0684. The van der Waals surface area contributed by atoms with Gasteiger partial charge in [-0.15, -0.1) is 0 Å². The van der Waals surface area contributed by atoms with Crippen molar-refractivity contribution in [1.82, 2.24) is 21.3 Å². The maximum atomic E-state index is 13.5. The van der Waals surface area contributed by atoms with Crippen molar-refractivity contribution >= 4 is 29.8 Å². The van der Waals surface area contributed by atoms with Gasteiger partial charge in [0.2, 0.25) is 17.7 Å². The molecule has 0 unspecified atom stereocenters. The van der Waals surface area contributed by atoms with Crippen molar-refractivity contribution in [1.29, 1.82) is 0 Å². The van der Waals surface area contributed by atoms with Crippen LogP contribution in [-0.2, 0) is 25.5 Å². The number of guanidine groups is 1. The predicted molar refractivity (Wildman–Crippen MR) is 163 cm³/mol. The predicted octanol–water partition coefficient (Wildman–Crippen LogP) is 0.657. The summed E-state index contributed by atoms with van der Waals surface area (Å²) < 4.78 is 4.99. The lowest BCUT2D eigenvalue weighted by atomic mass is 10.0. The van der Waals surface area contributed by atoms with E-state index < -0.39 is 41.9 Å². The van der Waals surface area contributed by atoms with Gasteiger partial charge >= 0.3 is 6.09 Å². The van der Waals surface area contributed by atoms with E-state index in [0.717, 1.165) is 12.0 Å². The number of nitrogens with zero attached hydrogens (tertiary/aromatic N) is 1. The molecule has 13 nitrogen and oxygen atoms in total. The standard InChI is InChI=1S/C29H50N8O5/c1-5-11-21(18-34-23(25(30)38)16-19(3)4)35-26(39)22(14-10-15-33-28(31)32)36-27(40)24(37-29(41)42-6-2)17-20-12-8-7-9-13-20/h7-9,12-13,19,21-24,34H,5-6,10-11,14-18H2,1-4H3,(H2,30,38)(H,35,39)(H,36,40)(H,37,41)(H4,31,32,33)/t21-,22-,23-,24-/m0/s1. The Bertz CT molecular complexity index is 1000. The van der Waals surface area contributed by atoms with Crippen molar-refractivity contribution in [3.05, 3.63) is 35.9 Å². The van der Waals surface area contributed by atoms with Gasteiger partial charge in [0.25, 0.3) is 0 Å². The average molecular weight is 591 g/mol. The van der Waals surface area contributed by atoms with Crippen LogP contribution in [0.2, 0.25) is 0 Å². The van der Waals surface area contributed by atoms with Crippen molar-refractivity contribution in [2.75, 3.05) is 19.7 Å². The normalized spacial score (nSPS) is 13.7. The number of carbonyl (C=O) groups is 4. The minimum Gasteiger partial charge on any atom is -0.450 e. The zero-order valence-corrected chi connectivity index (χ0v) is 25.4. The quantitative estimate of drug-likeness (QED) is 0.0648. The number of carbonyl (C=O) groups excluding carboxylic acids is 4. The lowest BCUT2D eigenvalue weighted by molar-refractivity contribution is -0.130. The van der Waals surface area contributed by atoms with Crippen LogP contribution in [0.15, 0.2) is 35.3 Å². The summed E-state index contributed by atoms with van der Waals surface area (Å²) in [6.07, 6.45) is 2.11. The Balaban J connectivity index is 3.09. The summed E-state index contributed by atoms with van der Waals surface area (Å²) in [5.41, 5.74) is 17.3. The van der Waals surface area contributed by atoms with Crippen molar-refractivity contribution in [2.45, 2.75) is 90.4 Å². The molecule has 0 saturated heterocycles. The SMILES string of the molecule is CCC[C@@H](CN[C@@H](CC(C)C)C(N)=O)NC(=O)[C@H](CCCN=C(N)N)NC(=O)[C@H](Cc1ccccc1)NC(=O)OCC. The molecule has 0 radical (unpaired) electrons. The summed E-state index contributed by atoms with van der Waals surface area (Å²) in [4.78, 5) is 55.1. The van der Waals surface area contributed by atoms with Crippen molar-refractivity contribution in [3.63, 3.8) is 0 Å². The number of amides is 4. The minimum atomic E-state index is -0.986. The molecule has 10 N–H and O–H groups in total. The molecule has 0 aromatic heterocycles. The summed E-state index contributed by atoms with van der Waals surface area (Å²) in [5, 5.41) is 11.6. The number of hydrogen-bond donors (Lipinski definition) is 7. The van der Waals surface area contributed by atoms with E-state index >= 15 is 0 Å². The van der Waals surface area contributed by atoms with E-state index in [4.69, 9.17) is 21.9 Å². The van der Waals surface area contributed by atoms with Crippen molar-refractivity contribution in [2.24, 2.45) is 28.1 Å². The zero-order chi connectivity index (χ0) is 31.5. The van der Waals surface area contributed by atoms with E-state index in [0.29, 0.717) is 25.8 Å². The van der Waals surface area contributed by atoms with E-state index in [-0.39, 0.29) is 43.9 Å². The van der Waals surface area contributed by atoms with Crippen LogP contribution in [0.3, 0.4) is 0 Å². The highest BCUT2D eigenvalue weighted by molar-refractivity contribution is 5.91. The van der Waals surface area contributed by atoms with Crippen LogP contribution in [0.25, 0.3) is 0 Å². The van der Waals surface area contributed by atoms with Gasteiger partial charge in [-0.1, -0.05) is 57.5 Å². The number of alkyl carbamates (subject to hydrolysis) is 1. The van der Waals surface area contributed by atoms with E-state index in [9.17, 15) is 19.2 Å². The molecule has 0 bridgehead atoms. The molecule has 13 heteroatoms. The van der Waals surface area contributed by atoms with Crippen LogP contribution >= 0.6 is 0 Å². The molecular formula is C29H50N8O5. The van der Waals surface area contributed by atoms with Crippen LogP contribution < -0.4 is 38.5 Å². The van der Waals surface area contributed by atoms with E-state index in [1.165, 1.54) is 0 Å². The van der Waals surface area contributed by atoms with Gasteiger partial charge < -0.3 is 43.2 Å². The van der Waals surface area contributed by atoms with Gasteiger partial charge in [0.1, 0.15) is 12.1 Å². The molecule has 0 fully saturated rings. The number of aliphatic imine (C=N–C) groups is 1.